The van der Waals surface area contributed by atoms with Gasteiger partial charge in [0, 0.05) is 24.3 Å². The van der Waals surface area contributed by atoms with Crippen LogP contribution in [0.1, 0.15) is 31.5 Å². The summed E-state index contributed by atoms with van der Waals surface area (Å²) in [7, 11) is 0. The molecule has 0 aliphatic carbocycles. The Morgan fingerprint density at radius 3 is 2.84 bits per heavy atom. The van der Waals surface area contributed by atoms with Gasteiger partial charge in [-0.05, 0) is 37.1 Å². The second kappa shape index (κ2) is 6.53. The summed E-state index contributed by atoms with van der Waals surface area (Å²) >= 11 is 0. The molecule has 0 aliphatic rings. The molecule has 0 atom stereocenters. The second-order valence-corrected chi connectivity index (χ2v) is 4.85. The first-order chi connectivity index (χ1) is 9.26. The fraction of sp³-hybridized carbons (Fsp3) is 0.438. The van der Waals surface area contributed by atoms with E-state index in [0.717, 1.165) is 26.1 Å². The molecular weight excluding hydrogens is 234 g/mol. The van der Waals surface area contributed by atoms with Gasteiger partial charge in [-0.15, -0.1) is 0 Å². The van der Waals surface area contributed by atoms with Crippen molar-refractivity contribution in [3.8, 4) is 11.1 Å². The lowest BCUT2D eigenvalue weighted by Crippen LogP contribution is -2.11. The minimum absolute atomic E-state index is 0.923. The Morgan fingerprint density at radius 1 is 1.26 bits per heavy atom. The van der Waals surface area contributed by atoms with Gasteiger partial charge >= 0.3 is 0 Å². The van der Waals surface area contributed by atoms with E-state index in [1.807, 2.05) is 6.20 Å². The molecular formula is C16H23N3. The van der Waals surface area contributed by atoms with Crippen molar-refractivity contribution in [2.75, 3.05) is 6.54 Å². The second-order valence-electron chi connectivity index (χ2n) is 4.85. The smallest absolute Gasteiger partial charge is 0.0571 e. The first kappa shape index (κ1) is 13.8. The molecule has 0 fully saturated rings. The summed E-state index contributed by atoms with van der Waals surface area (Å²) in [6.07, 6.45) is 3.10. The van der Waals surface area contributed by atoms with Crippen molar-refractivity contribution in [1.82, 2.24) is 15.1 Å². The van der Waals surface area contributed by atoms with E-state index in [2.05, 4.69) is 60.1 Å². The summed E-state index contributed by atoms with van der Waals surface area (Å²) in [5.74, 6) is 0. The average Bonchev–Trinajstić information content (AvgIpc) is 2.79. The van der Waals surface area contributed by atoms with E-state index in [9.17, 15) is 0 Å². The van der Waals surface area contributed by atoms with Crippen molar-refractivity contribution in [3.05, 3.63) is 41.7 Å². The zero-order valence-corrected chi connectivity index (χ0v) is 12.1. The summed E-state index contributed by atoms with van der Waals surface area (Å²) in [6.45, 7) is 9.36. The van der Waals surface area contributed by atoms with Crippen LogP contribution in [-0.2, 0) is 13.1 Å². The van der Waals surface area contributed by atoms with Crippen LogP contribution in [0.15, 0.2) is 30.5 Å². The van der Waals surface area contributed by atoms with Crippen molar-refractivity contribution in [2.24, 2.45) is 0 Å². The van der Waals surface area contributed by atoms with Crippen LogP contribution in [0, 0.1) is 6.92 Å². The molecule has 3 heteroatoms. The Balaban J connectivity index is 2.26. The van der Waals surface area contributed by atoms with Crippen LogP contribution in [0.2, 0.25) is 0 Å². The van der Waals surface area contributed by atoms with Crippen molar-refractivity contribution >= 4 is 0 Å². The minimum Gasteiger partial charge on any atom is -0.313 e. The van der Waals surface area contributed by atoms with Crippen molar-refractivity contribution < 1.29 is 0 Å². The summed E-state index contributed by atoms with van der Waals surface area (Å²) in [6, 6.07) is 8.70. The predicted molar refractivity (Wildman–Crippen MR) is 80.1 cm³/mol. The highest BCUT2D eigenvalue weighted by atomic mass is 15.3. The van der Waals surface area contributed by atoms with Crippen LogP contribution in [0.5, 0.6) is 0 Å². The quantitative estimate of drug-likeness (QED) is 0.859. The summed E-state index contributed by atoms with van der Waals surface area (Å²) in [5, 5.41) is 7.84. The molecule has 2 aromatic rings. The van der Waals surface area contributed by atoms with Gasteiger partial charge in [-0.1, -0.05) is 32.0 Å². The molecule has 0 radical (unpaired) electrons. The SMILES string of the molecule is CCCn1ncc(-c2cccc(CNCC)c2)c1C. The lowest BCUT2D eigenvalue weighted by Gasteiger charge is -2.07. The number of aryl methyl sites for hydroxylation is 1. The number of benzene rings is 1. The normalized spacial score (nSPS) is 10.9. The Labute approximate surface area is 115 Å². The fourth-order valence-corrected chi connectivity index (χ4v) is 2.29. The summed E-state index contributed by atoms with van der Waals surface area (Å²) in [4.78, 5) is 0. The Morgan fingerprint density at radius 2 is 2.11 bits per heavy atom. The predicted octanol–water partition coefficient (Wildman–Crippen LogP) is 3.38. The van der Waals surface area contributed by atoms with Gasteiger partial charge in [0.1, 0.15) is 0 Å². The molecule has 1 aromatic carbocycles. The lowest BCUT2D eigenvalue weighted by molar-refractivity contribution is 0.587. The maximum atomic E-state index is 4.47. The van der Waals surface area contributed by atoms with Crippen molar-refractivity contribution in [3.63, 3.8) is 0 Å². The van der Waals surface area contributed by atoms with E-state index in [-0.39, 0.29) is 0 Å². The highest BCUT2D eigenvalue weighted by Crippen LogP contribution is 2.24. The lowest BCUT2D eigenvalue weighted by atomic mass is 10.0. The molecule has 0 saturated heterocycles. The first-order valence-electron chi connectivity index (χ1n) is 7.08. The molecule has 1 aromatic heterocycles. The number of nitrogens with one attached hydrogen (secondary N) is 1. The molecule has 0 saturated carbocycles. The van der Waals surface area contributed by atoms with Crippen LogP contribution >= 0.6 is 0 Å². The molecule has 2 rings (SSSR count). The third-order valence-corrected chi connectivity index (χ3v) is 3.36. The zero-order chi connectivity index (χ0) is 13.7. The molecule has 0 bridgehead atoms. The summed E-state index contributed by atoms with van der Waals surface area (Å²) in [5.41, 5.74) is 5.08. The van der Waals surface area contributed by atoms with Crippen LogP contribution in [-0.4, -0.2) is 16.3 Å². The van der Waals surface area contributed by atoms with E-state index in [1.54, 1.807) is 0 Å². The molecule has 102 valence electrons. The van der Waals surface area contributed by atoms with Gasteiger partial charge in [0.15, 0.2) is 0 Å². The Hall–Kier alpha value is -1.61. The van der Waals surface area contributed by atoms with Gasteiger partial charge in [-0.2, -0.15) is 5.10 Å². The molecule has 19 heavy (non-hydrogen) atoms. The van der Waals surface area contributed by atoms with E-state index in [4.69, 9.17) is 0 Å². The van der Waals surface area contributed by atoms with E-state index >= 15 is 0 Å². The van der Waals surface area contributed by atoms with Crippen molar-refractivity contribution in [1.29, 1.82) is 0 Å². The molecule has 3 nitrogen and oxygen atoms in total. The van der Waals surface area contributed by atoms with Gasteiger partial charge in [-0.3, -0.25) is 4.68 Å². The Kier molecular flexibility index (Phi) is 4.74. The maximum absolute atomic E-state index is 4.47. The third-order valence-electron chi connectivity index (χ3n) is 3.36. The third kappa shape index (κ3) is 3.24. The molecule has 1 N–H and O–H groups in total. The topological polar surface area (TPSA) is 29.9 Å². The van der Waals surface area contributed by atoms with Crippen LogP contribution in [0.4, 0.5) is 0 Å². The number of aromatic nitrogens is 2. The summed E-state index contributed by atoms with van der Waals surface area (Å²) < 4.78 is 2.09. The monoisotopic (exact) mass is 257 g/mol. The largest absolute Gasteiger partial charge is 0.313 e. The number of hydrogen-bond acceptors (Lipinski definition) is 2. The van der Waals surface area contributed by atoms with Crippen molar-refractivity contribution in [2.45, 2.75) is 40.3 Å². The molecule has 1 heterocycles. The van der Waals surface area contributed by atoms with Crippen LogP contribution in [0.25, 0.3) is 11.1 Å². The van der Waals surface area contributed by atoms with Gasteiger partial charge < -0.3 is 5.32 Å². The number of nitrogens with zero attached hydrogens (tertiary/aromatic N) is 2. The van der Waals surface area contributed by atoms with Gasteiger partial charge in [0.2, 0.25) is 0 Å². The molecule has 0 aliphatic heterocycles. The Bertz CT molecular complexity index is 529. The van der Waals surface area contributed by atoms with Gasteiger partial charge in [0.25, 0.3) is 0 Å². The number of rotatable bonds is 6. The standard InChI is InChI=1S/C16H23N3/c1-4-9-19-13(3)16(12-18-19)15-8-6-7-14(10-15)11-17-5-2/h6-8,10,12,17H,4-5,9,11H2,1-3H3. The van der Waals surface area contributed by atoms with E-state index in [0.29, 0.717) is 0 Å². The highest BCUT2D eigenvalue weighted by Gasteiger charge is 2.08. The maximum Gasteiger partial charge on any atom is 0.0571 e. The average molecular weight is 257 g/mol. The highest BCUT2D eigenvalue weighted by molar-refractivity contribution is 5.65. The van der Waals surface area contributed by atoms with Crippen LogP contribution in [0.3, 0.4) is 0 Å². The molecule has 0 spiro atoms. The van der Waals surface area contributed by atoms with Crippen LogP contribution < -0.4 is 5.32 Å². The minimum atomic E-state index is 0.923. The fourth-order valence-electron chi connectivity index (χ4n) is 2.29. The van der Waals surface area contributed by atoms with Gasteiger partial charge in [0.05, 0.1) is 6.20 Å². The van der Waals surface area contributed by atoms with E-state index < -0.39 is 0 Å². The van der Waals surface area contributed by atoms with E-state index in [1.165, 1.54) is 22.4 Å². The molecule has 0 amide bonds. The first-order valence-corrected chi connectivity index (χ1v) is 7.08. The number of hydrogen-bond donors (Lipinski definition) is 1. The molecule has 0 unspecified atom stereocenters. The van der Waals surface area contributed by atoms with Gasteiger partial charge in [-0.25, -0.2) is 0 Å². The zero-order valence-electron chi connectivity index (χ0n) is 12.1.